The Morgan fingerprint density at radius 3 is 2.37 bits per heavy atom. The normalized spacial score (nSPS) is 18.7. The molecule has 3 rings (SSSR count). The molecule has 0 spiro atoms. The van der Waals surface area contributed by atoms with Gasteiger partial charge < -0.3 is 4.74 Å². The van der Waals surface area contributed by atoms with Gasteiger partial charge in [0.05, 0.1) is 11.5 Å². The fourth-order valence-electron chi connectivity index (χ4n) is 3.34. The molecule has 1 fully saturated rings. The molecule has 1 aliphatic heterocycles. The molecule has 0 saturated carbocycles. The van der Waals surface area contributed by atoms with Crippen molar-refractivity contribution in [3.63, 3.8) is 0 Å². The van der Waals surface area contributed by atoms with Gasteiger partial charge in [0.1, 0.15) is 5.75 Å². The Kier molecular flexibility index (Phi) is 4.84. The van der Waals surface area contributed by atoms with Crippen molar-refractivity contribution >= 4 is 16.7 Å². The molecule has 1 amide bonds. The highest BCUT2D eigenvalue weighted by Crippen LogP contribution is 2.45. The fraction of sp³-hybridized carbons (Fsp3) is 0.450. The zero-order valence-electron chi connectivity index (χ0n) is 15.7. The lowest BCUT2D eigenvalue weighted by Gasteiger charge is -2.31. The molecule has 1 saturated heterocycles. The summed E-state index contributed by atoms with van der Waals surface area (Å²) in [4.78, 5) is 12.1. The summed E-state index contributed by atoms with van der Waals surface area (Å²) in [5.74, 6) is -0.228. The molecule has 0 aromatic heterocycles. The number of amides is 1. The number of alkyl halides is 3. The minimum absolute atomic E-state index is 0.00657. The number of halogens is 3. The number of benzene rings is 2. The van der Waals surface area contributed by atoms with Crippen LogP contribution in [-0.2, 0) is 4.79 Å². The zero-order chi connectivity index (χ0) is 20.0. The Labute approximate surface area is 156 Å². The molecular weight excluding hydrogens is 357 g/mol. The number of rotatable bonds is 4. The average molecular weight is 380 g/mol. The van der Waals surface area contributed by atoms with E-state index in [1.165, 1.54) is 6.07 Å². The van der Waals surface area contributed by atoms with Crippen molar-refractivity contribution in [2.75, 3.05) is 6.54 Å². The first-order valence-corrected chi connectivity index (χ1v) is 8.83. The van der Waals surface area contributed by atoms with Gasteiger partial charge in [0.2, 0.25) is 5.91 Å². The second kappa shape index (κ2) is 6.71. The summed E-state index contributed by atoms with van der Waals surface area (Å²) < 4.78 is 48.2. The van der Waals surface area contributed by atoms with E-state index < -0.39 is 23.5 Å². The van der Waals surface area contributed by atoms with Crippen LogP contribution in [0.1, 0.15) is 39.3 Å². The first kappa shape index (κ1) is 19.5. The Morgan fingerprint density at radius 1 is 1.15 bits per heavy atom. The van der Waals surface area contributed by atoms with E-state index in [4.69, 9.17) is 4.74 Å². The van der Waals surface area contributed by atoms with E-state index in [1.54, 1.807) is 45.9 Å². The number of hydrazine groups is 1. The van der Waals surface area contributed by atoms with Crippen molar-refractivity contribution in [1.82, 2.24) is 10.4 Å². The first-order chi connectivity index (χ1) is 12.5. The molecule has 2 aromatic carbocycles. The van der Waals surface area contributed by atoms with Gasteiger partial charge in [0, 0.05) is 17.5 Å². The summed E-state index contributed by atoms with van der Waals surface area (Å²) in [6.45, 7) is 6.75. The fourth-order valence-corrected chi connectivity index (χ4v) is 3.34. The monoisotopic (exact) mass is 380 g/mol. The molecule has 2 aromatic rings. The maximum atomic E-state index is 14.1. The van der Waals surface area contributed by atoms with E-state index in [9.17, 15) is 18.0 Å². The molecule has 1 heterocycles. The molecule has 27 heavy (non-hydrogen) atoms. The number of nitrogens with zero attached hydrogens (tertiary/aromatic N) is 1. The van der Waals surface area contributed by atoms with Gasteiger partial charge in [-0.1, -0.05) is 36.4 Å². The van der Waals surface area contributed by atoms with Gasteiger partial charge in [-0.05, 0) is 33.1 Å². The van der Waals surface area contributed by atoms with Crippen molar-refractivity contribution in [2.45, 2.75) is 46.0 Å². The standard InChI is InChI=1S/C20H23F3N2O2/c1-12(2)27-16-14-8-6-5-7-13(14)9-10-15(16)17(20(21,22)23)25-11-19(3,4)18(26)24-25/h5-10,12,17H,11H2,1-4H3,(H,24,26)/t17-/m0/s1. The predicted molar refractivity (Wildman–Crippen MR) is 97.1 cm³/mol. The number of carbonyl (C=O) groups excluding carboxylic acids is 1. The molecule has 1 aliphatic rings. The SMILES string of the molecule is CC(C)Oc1c([C@H](N2CC(C)(C)C(=O)N2)C(F)(F)F)ccc2ccccc12. The third-order valence-corrected chi connectivity index (χ3v) is 4.61. The summed E-state index contributed by atoms with van der Waals surface area (Å²) in [5.41, 5.74) is 1.49. The largest absolute Gasteiger partial charge is 0.490 e. The van der Waals surface area contributed by atoms with E-state index >= 15 is 0 Å². The lowest BCUT2D eigenvalue weighted by atomic mass is 9.93. The number of carbonyl (C=O) groups is 1. The molecule has 7 heteroatoms. The topological polar surface area (TPSA) is 41.6 Å². The lowest BCUT2D eigenvalue weighted by molar-refractivity contribution is -0.192. The summed E-state index contributed by atoms with van der Waals surface area (Å²) in [6.07, 6.45) is -4.89. The Balaban J connectivity index is 2.18. The highest BCUT2D eigenvalue weighted by Gasteiger charge is 2.52. The van der Waals surface area contributed by atoms with Gasteiger partial charge in [-0.15, -0.1) is 0 Å². The van der Waals surface area contributed by atoms with Crippen LogP contribution in [0.15, 0.2) is 36.4 Å². The quantitative estimate of drug-likeness (QED) is 0.843. The molecule has 0 aliphatic carbocycles. The van der Waals surface area contributed by atoms with Crippen molar-refractivity contribution in [3.05, 3.63) is 42.0 Å². The van der Waals surface area contributed by atoms with E-state index in [0.29, 0.717) is 5.39 Å². The lowest BCUT2D eigenvalue weighted by Crippen LogP contribution is -2.43. The van der Waals surface area contributed by atoms with Crippen molar-refractivity contribution < 1.29 is 22.7 Å². The summed E-state index contributed by atoms with van der Waals surface area (Å²) in [7, 11) is 0. The van der Waals surface area contributed by atoms with Crippen LogP contribution in [0, 0.1) is 5.41 Å². The Hall–Kier alpha value is -2.28. The zero-order valence-corrected chi connectivity index (χ0v) is 15.7. The van der Waals surface area contributed by atoms with Crippen LogP contribution < -0.4 is 10.2 Å². The maximum absolute atomic E-state index is 14.1. The molecule has 4 nitrogen and oxygen atoms in total. The number of hydrogen-bond donors (Lipinski definition) is 1. The highest BCUT2D eigenvalue weighted by molar-refractivity contribution is 5.90. The molecule has 1 N–H and O–H groups in total. The minimum atomic E-state index is -4.59. The summed E-state index contributed by atoms with van der Waals surface area (Å²) in [6, 6.07) is 8.26. The van der Waals surface area contributed by atoms with E-state index in [2.05, 4.69) is 5.43 Å². The molecule has 0 unspecified atom stereocenters. The number of hydrogen-bond acceptors (Lipinski definition) is 3. The molecule has 0 bridgehead atoms. The second-order valence-corrected chi connectivity index (χ2v) is 7.77. The van der Waals surface area contributed by atoms with Gasteiger partial charge in [0.15, 0.2) is 6.04 Å². The van der Waals surface area contributed by atoms with E-state index in [-0.39, 0.29) is 24.0 Å². The van der Waals surface area contributed by atoms with Crippen LogP contribution in [0.3, 0.4) is 0 Å². The smallest absolute Gasteiger partial charge is 0.410 e. The van der Waals surface area contributed by atoms with Gasteiger partial charge in [-0.3, -0.25) is 10.2 Å². The maximum Gasteiger partial charge on any atom is 0.410 e. The first-order valence-electron chi connectivity index (χ1n) is 8.83. The Bertz CT molecular complexity index is 862. The van der Waals surface area contributed by atoms with E-state index in [1.807, 2.05) is 12.1 Å². The van der Waals surface area contributed by atoms with Crippen LogP contribution in [0.5, 0.6) is 5.75 Å². The van der Waals surface area contributed by atoms with Crippen molar-refractivity contribution in [2.24, 2.45) is 5.41 Å². The molecular formula is C20H23F3N2O2. The number of nitrogens with one attached hydrogen (secondary N) is 1. The van der Waals surface area contributed by atoms with Gasteiger partial charge in [-0.2, -0.15) is 13.2 Å². The van der Waals surface area contributed by atoms with Crippen molar-refractivity contribution in [3.8, 4) is 5.75 Å². The number of ether oxygens (including phenoxy) is 1. The van der Waals surface area contributed by atoms with Crippen LogP contribution in [0.4, 0.5) is 13.2 Å². The van der Waals surface area contributed by atoms with Gasteiger partial charge >= 0.3 is 6.18 Å². The molecule has 0 radical (unpaired) electrons. The average Bonchev–Trinajstić information content (AvgIpc) is 2.80. The predicted octanol–water partition coefficient (Wildman–Crippen LogP) is 4.60. The van der Waals surface area contributed by atoms with Crippen molar-refractivity contribution in [1.29, 1.82) is 0 Å². The third-order valence-electron chi connectivity index (χ3n) is 4.61. The highest BCUT2D eigenvalue weighted by atomic mass is 19.4. The van der Waals surface area contributed by atoms with E-state index in [0.717, 1.165) is 10.4 Å². The van der Waals surface area contributed by atoms with Crippen LogP contribution in [0.2, 0.25) is 0 Å². The Morgan fingerprint density at radius 2 is 1.81 bits per heavy atom. The summed E-state index contributed by atoms with van der Waals surface area (Å²) >= 11 is 0. The number of fused-ring (bicyclic) bond motifs is 1. The minimum Gasteiger partial charge on any atom is -0.490 e. The molecule has 1 atom stereocenters. The third kappa shape index (κ3) is 3.74. The van der Waals surface area contributed by atoms with Crippen LogP contribution >= 0.6 is 0 Å². The van der Waals surface area contributed by atoms with Crippen LogP contribution in [0.25, 0.3) is 10.8 Å². The van der Waals surface area contributed by atoms with Gasteiger partial charge in [0.25, 0.3) is 0 Å². The summed E-state index contributed by atoms with van der Waals surface area (Å²) in [5, 5.41) is 2.38. The molecule has 146 valence electrons. The van der Waals surface area contributed by atoms with Crippen LogP contribution in [-0.4, -0.2) is 29.7 Å². The van der Waals surface area contributed by atoms with Gasteiger partial charge in [-0.25, -0.2) is 5.01 Å². The second-order valence-electron chi connectivity index (χ2n) is 7.77.